The number of benzene rings is 1. The van der Waals surface area contributed by atoms with Gasteiger partial charge in [-0.25, -0.2) is 8.42 Å². The van der Waals surface area contributed by atoms with Crippen LogP contribution in [0.2, 0.25) is 0 Å². The molecule has 2 N–H and O–H groups in total. The van der Waals surface area contributed by atoms with E-state index in [2.05, 4.69) is 16.3 Å². The molecular formula is C17H25N3O5S. The van der Waals surface area contributed by atoms with Crippen LogP contribution in [0.3, 0.4) is 0 Å². The minimum absolute atomic E-state index is 0.0616. The summed E-state index contributed by atoms with van der Waals surface area (Å²) in [5, 5.41) is 11.0. The fourth-order valence-corrected chi connectivity index (χ4v) is 4.16. The molecule has 0 spiro atoms. The SMILES string of the molecule is Cc1cccc(N2CCN(S(=O)(=O)CC(=O)NCCCC(=O)O)CC2)c1. The number of amides is 1. The van der Waals surface area contributed by atoms with Gasteiger partial charge >= 0.3 is 5.97 Å². The number of aliphatic carboxylic acids is 1. The van der Waals surface area contributed by atoms with Crippen LogP contribution in [0.4, 0.5) is 5.69 Å². The number of carbonyl (C=O) groups is 2. The third-order valence-electron chi connectivity index (χ3n) is 4.20. The standard InChI is InChI=1S/C17H25N3O5S/c1-14-4-2-5-15(12-14)19-8-10-20(11-9-19)26(24,25)13-16(21)18-7-3-6-17(22)23/h2,4-5,12H,3,6-11,13H2,1H3,(H,18,21)(H,22,23). The Kier molecular flexibility index (Phi) is 6.98. The van der Waals surface area contributed by atoms with Crippen LogP contribution >= 0.6 is 0 Å². The molecule has 8 nitrogen and oxygen atoms in total. The van der Waals surface area contributed by atoms with E-state index >= 15 is 0 Å². The van der Waals surface area contributed by atoms with Gasteiger partial charge in [-0.1, -0.05) is 12.1 Å². The van der Waals surface area contributed by atoms with Crippen LogP contribution in [-0.4, -0.2) is 68.2 Å². The maximum absolute atomic E-state index is 12.4. The Labute approximate surface area is 153 Å². The molecule has 1 saturated heterocycles. The fourth-order valence-electron chi connectivity index (χ4n) is 2.82. The van der Waals surface area contributed by atoms with E-state index in [1.165, 1.54) is 4.31 Å². The first-order valence-corrected chi connectivity index (χ1v) is 10.2. The summed E-state index contributed by atoms with van der Waals surface area (Å²) in [5.74, 6) is -2.15. The van der Waals surface area contributed by atoms with Crippen LogP contribution in [0.1, 0.15) is 18.4 Å². The average molecular weight is 383 g/mol. The molecule has 0 saturated carbocycles. The summed E-state index contributed by atoms with van der Waals surface area (Å²) < 4.78 is 26.1. The number of nitrogens with one attached hydrogen (secondary N) is 1. The molecule has 0 radical (unpaired) electrons. The van der Waals surface area contributed by atoms with Gasteiger partial charge in [-0.2, -0.15) is 4.31 Å². The van der Waals surface area contributed by atoms with Gasteiger partial charge in [0.05, 0.1) is 0 Å². The van der Waals surface area contributed by atoms with E-state index in [4.69, 9.17) is 5.11 Å². The minimum Gasteiger partial charge on any atom is -0.481 e. The number of carbonyl (C=O) groups excluding carboxylic acids is 1. The lowest BCUT2D eigenvalue weighted by Gasteiger charge is -2.35. The molecule has 1 aromatic rings. The van der Waals surface area contributed by atoms with Crippen molar-refractivity contribution >= 4 is 27.6 Å². The Balaban J connectivity index is 1.81. The van der Waals surface area contributed by atoms with Crippen molar-refractivity contribution in [3.05, 3.63) is 29.8 Å². The second kappa shape index (κ2) is 9.00. The highest BCUT2D eigenvalue weighted by Crippen LogP contribution is 2.19. The van der Waals surface area contributed by atoms with Crippen LogP contribution in [-0.2, 0) is 19.6 Å². The lowest BCUT2D eigenvalue weighted by atomic mass is 10.2. The topological polar surface area (TPSA) is 107 Å². The molecule has 1 heterocycles. The Bertz CT molecular complexity index is 743. The maximum atomic E-state index is 12.4. The molecule has 144 valence electrons. The zero-order valence-electron chi connectivity index (χ0n) is 14.8. The van der Waals surface area contributed by atoms with E-state index < -0.39 is 27.7 Å². The molecule has 1 aromatic carbocycles. The predicted octanol–water partition coefficient (Wildman–Crippen LogP) is 0.428. The molecule has 1 aliphatic heterocycles. The molecule has 0 bridgehead atoms. The van der Waals surface area contributed by atoms with Gasteiger partial charge in [0.25, 0.3) is 0 Å². The molecule has 9 heteroatoms. The first-order chi connectivity index (χ1) is 12.3. The van der Waals surface area contributed by atoms with Crippen LogP contribution < -0.4 is 10.2 Å². The third kappa shape index (κ3) is 5.99. The first kappa shape index (κ1) is 20.2. The largest absolute Gasteiger partial charge is 0.481 e. The van der Waals surface area contributed by atoms with Crippen LogP contribution in [0, 0.1) is 6.92 Å². The number of hydrogen-bond donors (Lipinski definition) is 2. The van der Waals surface area contributed by atoms with Gasteiger partial charge in [-0.05, 0) is 31.0 Å². The molecule has 0 atom stereocenters. The number of piperazine rings is 1. The highest BCUT2D eigenvalue weighted by Gasteiger charge is 2.29. The summed E-state index contributed by atoms with van der Waals surface area (Å²) in [4.78, 5) is 24.3. The molecule has 0 aromatic heterocycles. The second-order valence-electron chi connectivity index (χ2n) is 6.33. The molecule has 0 aliphatic carbocycles. The van der Waals surface area contributed by atoms with E-state index in [-0.39, 0.29) is 19.4 Å². The summed E-state index contributed by atoms with van der Waals surface area (Å²) in [6, 6.07) is 8.05. The predicted molar refractivity (Wildman–Crippen MR) is 98.6 cm³/mol. The summed E-state index contributed by atoms with van der Waals surface area (Å²) in [6.45, 7) is 3.98. The van der Waals surface area contributed by atoms with Crippen LogP contribution in [0.25, 0.3) is 0 Å². The van der Waals surface area contributed by atoms with E-state index in [9.17, 15) is 18.0 Å². The lowest BCUT2D eigenvalue weighted by molar-refractivity contribution is -0.137. The normalized spacial score (nSPS) is 15.7. The van der Waals surface area contributed by atoms with Gasteiger partial charge in [-0.15, -0.1) is 0 Å². The van der Waals surface area contributed by atoms with E-state index in [0.717, 1.165) is 11.3 Å². The summed E-state index contributed by atoms with van der Waals surface area (Å²) in [7, 11) is -3.67. The Morgan fingerprint density at radius 3 is 2.50 bits per heavy atom. The highest BCUT2D eigenvalue weighted by molar-refractivity contribution is 7.89. The average Bonchev–Trinajstić information content (AvgIpc) is 2.58. The zero-order chi connectivity index (χ0) is 19.2. The molecule has 1 fully saturated rings. The fraction of sp³-hybridized carbons (Fsp3) is 0.529. The Hall–Kier alpha value is -2.13. The molecule has 1 amide bonds. The number of carboxylic acids is 1. The molecular weight excluding hydrogens is 358 g/mol. The number of sulfonamides is 1. The van der Waals surface area contributed by atoms with Gasteiger partial charge in [0.15, 0.2) is 0 Å². The Morgan fingerprint density at radius 2 is 1.88 bits per heavy atom. The van der Waals surface area contributed by atoms with Crippen molar-refractivity contribution in [3.8, 4) is 0 Å². The number of nitrogens with zero attached hydrogens (tertiary/aromatic N) is 2. The van der Waals surface area contributed by atoms with Gasteiger partial charge in [0, 0.05) is 44.8 Å². The van der Waals surface area contributed by atoms with E-state index in [1.807, 2.05) is 25.1 Å². The van der Waals surface area contributed by atoms with Gasteiger partial charge < -0.3 is 15.3 Å². The number of carboxylic acid groups (broad SMARTS) is 1. The highest BCUT2D eigenvalue weighted by atomic mass is 32.2. The monoisotopic (exact) mass is 383 g/mol. The third-order valence-corrected chi connectivity index (χ3v) is 5.98. The van der Waals surface area contributed by atoms with Crippen molar-refractivity contribution in [2.45, 2.75) is 19.8 Å². The smallest absolute Gasteiger partial charge is 0.303 e. The van der Waals surface area contributed by atoms with Crippen molar-refractivity contribution in [2.75, 3.05) is 43.4 Å². The van der Waals surface area contributed by atoms with Crippen molar-refractivity contribution in [2.24, 2.45) is 0 Å². The number of rotatable bonds is 8. The Morgan fingerprint density at radius 1 is 1.19 bits per heavy atom. The van der Waals surface area contributed by atoms with E-state index in [0.29, 0.717) is 26.2 Å². The van der Waals surface area contributed by atoms with E-state index in [1.54, 1.807) is 0 Å². The van der Waals surface area contributed by atoms with Crippen molar-refractivity contribution in [3.63, 3.8) is 0 Å². The van der Waals surface area contributed by atoms with Gasteiger partial charge in [0.2, 0.25) is 15.9 Å². The van der Waals surface area contributed by atoms with Crippen molar-refractivity contribution in [1.82, 2.24) is 9.62 Å². The minimum atomic E-state index is -3.67. The number of aryl methyl sites for hydroxylation is 1. The van der Waals surface area contributed by atoms with Gasteiger partial charge in [-0.3, -0.25) is 9.59 Å². The summed E-state index contributed by atoms with van der Waals surface area (Å²) in [5.41, 5.74) is 2.22. The maximum Gasteiger partial charge on any atom is 0.303 e. The second-order valence-corrected chi connectivity index (χ2v) is 8.30. The summed E-state index contributed by atoms with van der Waals surface area (Å²) in [6.07, 6.45) is 0.213. The zero-order valence-corrected chi connectivity index (χ0v) is 15.7. The molecule has 0 unspecified atom stereocenters. The molecule has 1 aliphatic rings. The van der Waals surface area contributed by atoms with Gasteiger partial charge in [0.1, 0.15) is 5.75 Å². The van der Waals surface area contributed by atoms with Crippen molar-refractivity contribution < 1.29 is 23.1 Å². The summed E-state index contributed by atoms with van der Waals surface area (Å²) >= 11 is 0. The molecule has 2 rings (SSSR count). The molecule has 26 heavy (non-hydrogen) atoms. The first-order valence-electron chi connectivity index (χ1n) is 8.56. The number of anilines is 1. The van der Waals surface area contributed by atoms with Crippen molar-refractivity contribution in [1.29, 1.82) is 0 Å². The lowest BCUT2D eigenvalue weighted by Crippen LogP contribution is -2.50. The van der Waals surface area contributed by atoms with Crippen LogP contribution in [0.15, 0.2) is 24.3 Å². The number of hydrogen-bond acceptors (Lipinski definition) is 5. The quantitative estimate of drug-likeness (QED) is 0.631. The van der Waals surface area contributed by atoms with Crippen LogP contribution in [0.5, 0.6) is 0 Å².